The van der Waals surface area contributed by atoms with E-state index in [-0.39, 0.29) is 5.91 Å². The molecular formula is C7H13N3O. The van der Waals surface area contributed by atoms with Crippen molar-refractivity contribution in [2.75, 3.05) is 13.1 Å². The molecule has 0 radical (unpaired) electrons. The minimum Gasteiger partial charge on any atom is -0.372 e. The summed E-state index contributed by atoms with van der Waals surface area (Å²) in [6.45, 7) is 1.80. The molecule has 11 heavy (non-hydrogen) atoms. The minimum atomic E-state index is -0.233. The number of primary amides is 1. The van der Waals surface area contributed by atoms with E-state index in [9.17, 15) is 4.79 Å². The highest BCUT2D eigenvalue weighted by molar-refractivity contribution is 5.84. The molecule has 0 unspecified atom stereocenters. The van der Waals surface area contributed by atoms with E-state index in [1.165, 1.54) is 0 Å². The van der Waals surface area contributed by atoms with Crippen LogP contribution in [-0.4, -0.2) is 24.8 Å². The van der Waals surface area contributed by atoms with Gasteiger partial charge in [0.2, 0.25) is 5.91 Å². The zero-order chi connectivity index (χ0) is 8.10. The smallest absolute Gasteiger partial charge is 0.217 e. The Balaban J connectivity index is 2.07. The van der Waals surface area contributed by atoms with E-state index < -0.39 is 0 Å². The average molecular weight is 155 g/mol. The first-order chi connectivity index (χ1) is 5.29. The second-order valence-corrected chi connectivity index (χ2v) is 2.58. The molecule has 0 atom stereocenters. The number of carbonyl (C=O) groups is 1. The van der Waals surface area contributed by atoms with Crippen LogP contribution in [-0.2, 0) is 4.79 Å². The van der Waals surface area contributed by atoms with E-state index in [4.69, 9.17) is 5.73 Å². The predicted molar refractivity (Wildman–Crippen MR) is 43.4 cm³/mol. The van der Waals surface area contributed by atoms with Crippen molar-refractivity contribution in [1.29, 1.82) is 0 Å². The Morgan fingerprint density at radius 1 is 1.73 bits per heavy atom. The van der Waals surface area contributed by atoms with Gasteiger partial charge in [-0.3, -0.25) is 9.79 Å². The predicted octanol–water partition coefficient (Wildman–Crippen LogP) is -0.356. The van der Waals surface area contributed by atoms with E-state index >= 15 is 0 Å². The molecule has 0 aromatic rings. The first-order valence-electron chi connectivity index (χ1n) is 3.84. The van der Waals surface area contributed by atoms with Crippen LogP contribution in [0.15, 0.2) is 4.99 Å². The van der Waals surface area contributed by atoms with Crippen molar-refractivity contribution in [3.05, 3.63) is 0 Å². The van der Waals surface area contributed by atoms with Gasteiger partial charge in [0.1, 0.15) is 0 Å². The molecule has 62 valence electrons. The fourth-order valence-corrected chi connectivity index (χ4v) is 1.04. The van der Waals surface area contributed by atoms with Crippen molar-refractivity contribution < 1.29 is 4.79 Å². The van der Waals surface area contributed by atoms with Crippen LogP contribution in [0.5, 0.6) is 0 Å². The van der Waals surface area contributed by atoms with Gasteiger partial charge in [0.05, 0.1) is 12.4 Å². The van der Waals surface area contributed by atoms with Gasteiger partial charge in [-0.15, -0.1) is 0 Å². The van der Waals surface area contributed by atoms with Crippen molar-refractivity contribution in [3.8, 4) is 0 Å². The highest BCUT2D eigenvalue weighted by atomic mass is 16.1. The van der Waals surface area contributed by atoms with Gasteiger partial charge in [-0.1, -0.05) is 0 Å². The highest BCUT2D eigenvalue weighted by Crippen LogP contribution is 1.98. The lowest BCUT2D eigenvalue weighted by Crippen LogP contribution is -2.19. The van der Waals surface area contributed by atoms with Gasteiger partial charge in [-0.2, -0.15) is 0 Å². The van der Waals surface area contributed by atoms with Gasteiger partial charge in [0.25, 0.3) is 0 Å². The van der Waals surface area contributed by atoms with Crippen molar-refractivity contribution in [2.45, 2.75) is 19.3 Å². The molecule has 0 aliphatic carbocycles. The number of amides is 1. The summed E-state index contributed by atoms with van der Waals surface area (Å²) in [7, 11) is 0. The molecule has 0 aromatic carbocycles. The summed E-state index contributed by atoms with van der Waals surface area (Å²) in [5, 5.41) is 3.13. The Labute approximate surface area is 65.9 Å². The minimum absolute atomic E-state index is 0.233. The molecule has 3 N–H and O–H groups in total. The van der Waals surface area contributed by atoms with Crippen molar-refractivity contribution >= 4 is 11.7 Å². The molecule has 0 saturated carbocycles. The van der Waals surface area contributed by atoms with E-state index in [0.717, 1.165) is 31.8 Å². The Morgan fingerprint density at radius 2 is 2.55 bits per heavy atom. The number of amidine groups is 1. The SMILES string of the molecule is NC(=O)CCCC1=NCCN1. The van der Waals surface area contributed by atoms with E-state index in [1.54, 1.807) is 0 Å². The largest absolute Gasteiger partial charge is 0.372 e. The second kappa shape index (κ2) is 3.95. The molecule has 0 spiro atoms. The molecule has 4 nitrogen and oxygen atoms in total. The molecule has 1 amide bonds. The molecule has 0 aromatic heterocycles. The van der Waals surface area contributed by atoms with Crippen LogP contribution in [0.3, 0.4) is 0 Å². The van der Waals surface area contributed by atoms with Crippen molar-refractivity contribution in [2.24, 2.45) is 10.7 Å². The fourth-order valence-electron chi connectivity index (χ4n) is 1.04. The maximum absolute atomic E-state index is 10.3. The molecular weight excluding hydrogens is 142 g/mol. The maximum atomic E-state index is 10.3. The Bertz CT molecular complexity index is 177. The molecule has 1 aliphatic rings. The van der Waals surface area contributed by atoms with Crippen LogP contribution in [0.4, 0.5) is 0 Å². The summed E-state index contributed by atoms with van der Waals surface area (Å²) < 4.78 is 0. The molecule has 1 rings (SSSR count). The normalized spacial score (nSPS) is 15.8. The van der Waals surface area contributed by atoms with Gasteiger partial charge in [0.15, 0.2) is 0 Å². The number of carbonyl (C=O) groups excluding carboxylic acids is 1. The van der Waals surface area contributed by atoms with Crippen LogP contribution in [0, 0.1) is 0 Å². The number of hydrogen-bond acceptors (Lipinski definition) is 3. The molecule has 4 heteroatoms. The van der Waals surface area contributed by atoms with Gasteiger partial charge >= 0.3 is 0 Å². The van der Waals surface area contributed by atoms with E-state index in [2.05, 4.69) is 10.3 Å². The Kier molecular flexibility index (Phi) is 2.89. The third kappa shape index (κ3) is 3.02. The molecule has 0 bridgehead atoms. The zero-order valence-electron chi connectivity index (χ0n) is 6.47. The monoisotopic (exact) mass is 155 g/mol. The third-order valence-electron chi connectivity index (χ3n) is 1.58. The van der Waals surface area contributed by atoms with Crippen molar-refractivity contribution in [3.63, 3.8) is 0 Å². The standard InChI is InChI=1S/C7H13N3O/c8-6(11)2-1-3-7-9-4-5-10-7/h1-5H2,(H2,8,11)(H,9,10). The lowest BCUT2D eigenvalue weighted by molar-refractivity contribution is -0.118. The molecule has 0 fully saturated rings. The summed E-state index contributed by atoms with van der Waals surface area (Å²) >= 11 is 0. The quantitative estimate of drug-likeness (QED) is 0.582. The van der Waals surface area contributed by atoms with Crippen molar-refractivity contribution in [1.82, 2.24) is 5.32 Å². The topological polar surface area (TPSA) is 67.5 Å². The Hall–Kier alpha value is -1.06. The summed E-state index contributed by atoms with van der Waals surface area (Å²) in [6, 6.07) is 0. The summed E-state index contributed by atoms with van der Waals surface area (Å²) in [5.74, 6) is 0.787. The van der Waals surface area contributed by atoms with Gasteiger partial charge in [-0.05, 0) is 6.42 Å². The summed E-state index contributed by atoms with van der Waals surface area (Å²) in [4.78, 5) is 14.5. The van der Waals surface area contributed by atoms with Crippen LogP contribution in [0.2, 0.25) is 0 Å². The number of rotatable bonds is 4. The van der Waals surface area contributed by atoms with Crippen LogP contribution in [0.25, 0.3) is 0 Å². The number of hydrogen-bond donors (Lipinski definition) is 2. The molecule has 1 aliphatic heterocycles. The lowest BCUT2D eigenvalue weighted by Gasteiger charge is -1.99. The van der Waals surface area contributed by atoms with Gasteiger partial charge < -0.3 is 11.1 Å². The second-order valence-electron chi connectivity index (χ2n) is 2.58. The number of aliphatic imine (C=N–C) groups is 1. The van der Waals surface area contributed by atoms with Crippen LogP contribution >= 0.6 is 0 Å². The molecule has 0 saturated heterocycles. The number of nitrogens with zero attached hydrogens (tertiary/aromatic N) is 1. The van der Waals surface area contributed by atoms with E-state index in [1.807, 2.05) is 0 Å². The summed E-state index contributed by atoms with van der Waals surface area (Å²) in [5.41, 5.74) is 4.98. The third-order valence-corrected chi connectivity index (χ3v) is 1.58. The van der Waals surface area contributed by atoms with Gasteiger partial charge in [0, 0.05) is 19.4 Å². The van der Waals surface area contributed by atoms with E-state index in [0.29, 0.717) is 6.42 Å². The maximum Gasteiger partial charge on any atom is 0.217 e. The summed E-state index contributed by atoms with van der Waals surface area (Å²) in [6.07, 6.45) is 2.12. The number of nitrogens with one attached hydrogen (secondary N) is 1. The fraction of sp³-hybridized carbons (Fsp3) is 0.714. The van der Waals surface area contributed by atoms with Crippen LogP contribution < -0.4 is 11.1 Å². The van der Waals surface area contributed by atoms with Crippen LogP contribution in [0.1, 0.15) is 19.3 Å². The zero-order valence-corrected chi connectivity index (χ0v) is 6.47. The lowest BCUT2D eigenvalue weighted by atomic mass is 10.2. The van der Waals surface area contributed by atoms with Gasteiger partial charge in [-0.25, -0.2) is 0 Å². The number of nitrogens with two attached hydrogens (primary N) is 1. The first-order valence-corrected chi connectivity index (χ1v) is 3.84. The highest BCUT2D eigenvalue weighted by Gasteiger charge is 2.04. The Morgan fingerprint density at radius 3 is 3.09 bits per heavy atom. The molecule has 1 heterocycles. The average Bonchev–Trinajstić information content (AvgIpc) is 2.39. The first kappa shape index (κ1) is 8.04.